The van der Waals surface area contributed by atoms with Gasteiger partial charge in [0, 0.05) is 10.9 Å². The molecule has 134 valence electrons. The second-order valence-electron chi connectivity index (χ2n) is 5.39. The number of aromatic hydroxyl groups is 1. The van der Waals surface area contributed by atoms with Crippen molar-refractivity contribution in [1.82, 2.24) is 10.3 Å². The lowest BCUT2D eigenvalue weighted by atomic mass is 10.1. The van der Waals surface area contributed by atoms with Crippen molar-refractivity contribution in [3.8, 4) is 28.5 Å². The predicted octanol–water partition coefficient (Wildman–Crippen LogP) is 3.46. The normalized spacial score (nSPS) is 10.4. The molecule has 1 heterocycles. The third-order valence-corrected chi connectivity index (χ3v) is 4.62. The Labute approximate surface area is 155 Å². The minimum atomic E-state index is -0.291. The van der Waals surface area contributed by atoms with Crippen molar-refractivity contribution < 1.29 is 19.4 Å². The molecule has 0 fully saturated rings. The van der Waals surface area contributed by atoms with Gasteiger partial charge < -0.3 is 19.9 Å². The Morgan fingerprint density at radius 2 is 1.77 bits per heavy atom. The van der Waals surface area contributed by atoms with Crippen LogP contribution in [0.25, 0.3) is 11.3 Å². The van der Waals surface area contributed by atoms with E-state index in [4.69, 9.17) is 9.47 Å². The van der Waals surface area contributed by atoms with Crippen molar-refractivity contribution in [1.29, 1.82) is 0 Å². The van der Waals surface area contributed by atoms with Gasteiger partial charge in [-0.05, 0) is 36.4 Å². The average molecular weight is 370 g/mol. The summed E-state index contributed by atoms with van der Waals surface area (Å²) in [6, 6.07) is 12.0. The number of methoxy groups -OCH3 is 2. The Morgan fingerprint density at radius 1 is 1.12 bits per heavy atom. The number of nitrogens with zero attached hydrogens (tertiary/aromatic N) is 1. The minimum absolute atomic E-state index is 0.210. The van der Waals surface area contributed by atoms with Crippen molar-refractivity contribution in [2.45, 2.75) is 6.54 Å². The largest absolute Gasteiger partial charge is 0.508 e. The summed E-state index contributed by atoms with van der Waals surface area (Å²) in [6.45, 7) is 0.294. The standard InChI is InChI=1S/C19H18N2O4S/c1-24-15-4-3-5-16(25-2)18(15)19(23)20-10-17-21-14(11-26-17)12-6-8-13(22)9-7-12/h3-9,11,22H,10H2,1-2H3,(H,20,23). The van der Waals surface area contributed by atoms with Gasteiger partial charge in [0.25, 0.3) is 5.91 Å². The van der Waals surface area contributed by atoms with Crippen LogP contribution in [-0.4, -0.2) is 30.2 Å². The number of hydrogen-bond donors (Lipinski definition) is 2. The van der Waals surface area contributed by atoms with E-state index in [1.807, 2.05) is 5.38 Å². The van der Waals surface area contributed by atoms with Crippen LogP contribution in [0, 0.1) is 0 Å². The van der Waals surface area contributed by atoms with Gasteiger partial charge in [-0.25, -0.2) is 4.98 Å². The Kier molecular flexibility index (Phi) is 5.38. The summed E-state index contributed by atoms with van der Waals surface area (Å²) in [7, 11) is 3.02. The van der Waals surface area contributed by atoms with Crippen LogP contribution in [0.4, 0.5) is 0 Å². The summed E-state index contributed by atoms with van der Waals surface area (Å²) in [6.07, 6.45) is 0. The molecular formula is C19H18N2O4S. The highest BCUT2D eigenvalue weighted by Gasteiger charge is 2.18. The first kappa shape index (κ1) is 17.8. The van der Waals surface area contributed by atoms with Gasteiger partial charge in [-0.3, -0.25) is 4.79 Å². The number of phenolic OH excluding ortho intramolecular Hbond substituents is 1. The smallest absolute Gasteiger partial charge is 0.259 e. The van der Waals surface area contributed by atoms with E-state index in [9.17, 15) is 9.90 Å². The zero-order valence-corrected chi connectivity index (χ0v) is 15.2. The fourth-order valence-electron chi connectivity index (χ4n) is 2.48. The second-order valence-corrected chi connectivity index (χ2v) is 6.34. The number of rotatable bonds is 6. The number of nitrogens with one attached hydrogen (secondary N) is 1. The van der Waals surface area contributed by atoms with Gasteiger partial charge in [0.15, 0.2) is 0 Å². The first-order chi connectivity index (χ1) is 12.6. The Balaban J connectivity index is 1.72. The first-order valence-corrected chi connectivity index (χ1v) is 8.73. The summed E-state index contributed by atoms with van der Waals surface area (Å²) >= 11 is 1.45. The van der Waals surface area contributed by atoms with Crippen molar-refractivity contribution in [2.75, 3.05) is 14.2 Å². The molecule has 0 bridgehead atoms. The van der Waals surface area contributed by atoms with Crippen molar-refractivity contribution in [2.24, 2.45) is 0 Å². The maximum absolute atomic E-state index is 12.6. The maximum atomic E-state index is 12.6. The number of aromatic nitrogens is 1. The number of carbonyl (C=O) groups is 1. The van der Waals surface area contributed by atoms with Gasteiger partial charge in [0.1, 0.15) is 27.8 Å². The molecule has 0 saturated heterocycles. The van der Waals surface area contributed by atoms with Crippen LogP contribution < -0.4 is 14.8 Å². The third-order valence-electron chi connectivity index (χ3n) is 3.77. The summed E-state index contributed by atoms with van der Waals surface area (Å²) in [5, 5.41) is 14.9. The SMILES string of the molecule is COc1cccc(OC)c1C(=O)NCc1nc(-c2ccc(O)cc2)cs1. The zero-order chi connectivity index (χ0) is 18.5. The van der Waals surface area contributed by atoms with E-state index in [1.54, 1.807) is 42.5 Å². The van der Waals surface area contributed by atoms with E-state index in [2.05, 4.69) is 10.3 Å². The van der Waals surface area contributed by atoms with Crippen molar-refractivity contribution in [3.63, 3.8) is 0 Å². The number of benzene rings is 2. The van der Waals surface area contributed by atoms with Gasteiger partial charge in [-0.1, -0.05) is 6.07 Å². The molecule has 0 unspecified atom stereocenters. The van der Waals surface area contributed by atoms with Crippen LogP contribution in [0.2, 0.25) is 0 Å². The number of amides is 1. The molecule has 3 rings (SSSR count). The molecule has 0 aliphatic heterocycles. The van der Waals surface area contributed by atoms with Gasteiger partial charge in [0.05, 0.1) is 26.5 Å². The molecule has 3 aromatic rings. The van der Waals surface area contributed by atoms with Crippen LogP contribution in [0.1, 0.15) is 15.4 Å². The highest BCUT2D eigenvalue weighted by Crippen LogP contribution is 2.28. The lowest BCUT2D eigenvalue weighted by molar-refractivity contribution is 0.0944. The summed E-state index contributed by atoms with van der Waals surface area (Å²) < 4.78 is 10.5. The average Bonchev–Trinajstić information content (AvgIpc) is 3.15. The monoisotopic (exact) mass is 370 g/mol. The first-order valence-electron chi connectivity index (χ1n) is 7.85. The molecule has 0 saturated carbocycles. The molecule has 0 spiro atoms. The van der Waals surface area contributed by atoms with Gasteiger partial charge >= 0.3 is 0 Å². The molecule has 1 amide bonds. The van der Waals surface area contributed by atoms with Gasteiger partial charge in [-0.15, -0.1) is 11.3 Å². The molecule has 0 aliphatic carbocycles. The number of phenols is 1. The number of carbonyl (C=O) groups excluding carboxylic acids is 1. The van der Waals surface area contributed by atoms with E-state index in [1.165, 1.54) is 25.6 Å². The molecular weight excluding hydrogens is 352 g/mol. The molecule has 6 nitrogen and oxygen atoms in total. The van der Waals surface area contributed by atoms with E-state index >= 15 is 0 Å². The molecule has 0 radical (unpaired) electrons. The van der Waals surface area contributed by atoms with Crippen LogP contribution in [0.3, 0.4) is 0 Å². The van der Waals surface area contributed by atoms with E-state index < -0.39 is 0 Å². The number of ether oxygens (including phenoxy) is 2. The van der Waals surface area contributed by atoms with Gasteiger partial charge in [0.2, 0.25) is 0 Å². The third kappa shape index (κ3) is 3.78. The molecule has 0 atom stereocenters. The van der Waals surface area contributed by atoms with Crippen LogP contribution in [-0.2, 0) is 6.54 Å². The minimum Gasteiger partial charge on any atom is -0.508 e. The molecule has 2 aromatic carbocycles. The van der Waals surface area contributed by atoms with E-state index in [0.29, 0.717) is 23.6 Å². The Bertz CT molecular complexity index is 884. The molecule has 26 heavy (non-hydrogen) atoms. The molecule has 7 heteroatoms. The lowest BCUT2D eigenvalue weighted by Gasteiger charge is -2.12. The van der Waals surface area contributed by atoms with Crippen LogP contribution in [0.15, 0.2) is 47.8 Å². The fourth-order valence-corrected chi connectivity index (χ4v) is 3.22. The Hall–Kier alpha value is -3.06. The van der Waals surface area contributed by atoms with E-state index in [0.717, 1.165) is 16.3 Å². The van der Waals surface area contributed by atoms with Crippen LogP contribution in [0.5, 0.6) is 17.2 Å². The van der Waals surface area contributed by atoms with Crippen LogP contribution >= 0.6 is 11.3 Å². The topological polar surface area (TPSA) is 80.7 Å². The highest BCUT2D eigenvalue weighted by atomic mass is 32.1. The summed E-state index contributed by atoms with van der Waals surface area (Å²) in [4.78, 5) is 17.1. The second kappa shape index (κ2) is 7.88. The predicted molar refractivity (Wildman–Crippen MR) is 99.9 cm³/mol. The molecule has 1 aromatic heterocycles. The quantitative estimate of drug-likeness (QED) is 0.694. The summed E-state index contributed by atoms with van der Waals surface area (Å²) in [5.74, 6) is 0.819. The molecule has 0 aliphatic rings. The number of hydrogen-bond acceptors (Lipinski definition) is 6. The highest BCUT2D eigenvalue weighted by molar-refractivity contribution is 7.09. The van der Waals surface area contributed by atoms with Crippen molar-refractivity contribution in [3.05, 3.63) is 58.4 Å². The number of thiazole rings is 1. The van der Waals surface area contributed by atoms with E-state index in [-0.39, 0.29) is 11.7 Å². The maximum Gasteiger partial charge on any atom is 0.259 e. The zero-order valence-electron chi connectivity index (χ0n) is 14.4. The lowest BCUT2D eigenvalue weighted by Crippen LogP contribution is -2.24. The van der Waals surface area contributed by atoms with Crippen molar-refractivity contribution >= 4 is 17.2 Å². The van der Waals surface area contributed by atoms with Gasteiger partial charge in [-0.2, -0.15) is 0 Å². The Morgan fingerprint density at radius 3 is 2.38 bits per heavy atom. The summed E-state index contributed by atoms with van der Waals surface area (Å²) in [5.41, 5.74) is 2.06. The fraction of sp³-hybridized carbons (Fsp3) is 0.158. The molecule has 2 N–H and O–H groups in total.